The van der Waals surface area contributed by atoms with Crippen LogP contribution in [-0.2, 0) is 0 Å². The minimum atomic E-state index is -6.96. The van der Waals surface area contributed by atoms with Gasteiger partial charge in [0.25, 0.3) is 0 Å². The molecule has 1 aromatic rings. The lowest BCUT2D eigenvalue weighted by atomic mass is 9.97. The van der Waals surface area contributed by atoms with Crippen LogP contribution in [0, 0.1) is 11.8 Å². The fourth-order valence-corrected chi connectivity index (χ4v) is 1.31. The summed E-state index contributed by atoms with van der Waals surface area (Å²) in [4.78, 5) is 0. The smallest absolute Gasteiger partial charge is 0.193 e. The lowest BCUT2D eigenvalue weighted by Crippen LogP contribution is -2.61. The molecule has 0 heterocycles. The summed E-state index contributed by atoms with van der Waals surface area (Å²) in [5, 5.41) is 0. The van der Waals surface area contributed by atoms with Gasteiger partial charge in [0.05, 0.1) is 5.57 Å². The van der Waals surface area contributed by atoms with Crippen molar-refractivity contribution in [1.82, 2.24) is 0 Å². The first-order valence-corrected chi connectivity index (χ1v) is 5.72. The zero-order chi connectivity index (χ0) is 18.1. The van der Waals surface area contributed by atoms with E-state index >= 15 is 0 Å². The Balaban J connectivity index is 3.20. The Bertz CT molecular complexity index is 630. The molecule has 0 aromatic heterocycles. The Labute approximate surface area is 124 Å². The molecule has 0 unspecified atom stereocenters. The van der Waals surface area contributed by atoms with Gasteiger partial charge in [-0.3, -0.25) is 0 Å². The number of hydrogen-bond donors (Lipinski definition) is 0. The van der Waals surface area contributed by atoms with E-state index in [1.165, 1.54) is 36.3 Å². The summed E-state index contributed by atoms with van der Waals surface area (Å²) in [5.41, 5.74) is -2.01. The molecule has 0 aliphatic rings. The van der Waals surface area contributed by atoms with Gasteiger partial charge in [0.1, 0.15) is 0 Å². The molecule has 0 fully saturated rings. The summed E-state index contributed by atoms with van der Waals surface area (Å²) in [7, 11) is 0. The predicted molar refractivity (Wildman–Crippen MR) is 63.4 cm³/mol. The van der Waals surface area contributed by atoms with Crippen LogP contribution >= 0.6 is 0 Å². The normalized spacial score (nSPS) is 13.3. The van der Waals surface area contributed by atoms with E-state index in [-0.39, 0.29) is 5.56 Å². The van der Waals surface area contributed by atoms with Crippen LogP contribution in [0.25, 0.3) is 0 Å². The van der Waals surface area contributed by atoms with E-state index in [1.807, 2.05) is 5.92 Å². The molecule has 0 saturated carbocycles. The Morgan fingerprint density at radius 1 is 0.783 bits per heavy atom. The third kappa shape index (κ3) is 3.30. The second-order valence-corrected chi connectivity index (χ2v) is 4.32. The van der Waals surface area contributed by atoms with Crippen molar-refractivity contribution in [3.63, 3.8) is 0 Å². The van der Waals surface area contributed by atoms with Crippen molar-refractivity contribution in [2.45, 2.75) is 23.9 Å². The van der Waals surface area contributed by atoms with Crippen molar-refractivity contribution in [3.8, 4) is 11.8 Å². The largest absolute Gasteiger partial charge is 0.460 e. The SMILES string of the molecule is C=C(C#Cc1ccccc1)C(F)(F)C(F)(F)C(F)(F)C(F)(F)F. The minimum absolute atomic E-state index is 0.0512. The maximum atomic E-state index is 13.4. The number of rotatable bonds is 3. The molecular weight excluding hydrogens is 339 g/mol. The Kier molecular flexibility index (Phi) is 4.80. The average Bonchev–Trinajstić information content (AvgIpc) is 2.44. The zero-order valence-corrected chi connectivity index (χ0v) is 11.0. The summed E-state index contributed by atoms with van der Waals surface area (Å²) in [6.07, 6.45) is -6.87. The summed E-state index contributed by atoms with van der Waals surface area (Å²) < 4.78 is 114. The molecule has 9 heteroatoms. The van der Waals surface area contributed by atoms with E-state index in [4.69, 9.17) is 0 Å². The van der Waals surface area contributed by atoms with Gasteiger partial charge in [-0.1, -0.05) is 36.6 Å². The maximum Gasteiger partial charge on any atom is 0.460 e. The molecule has 0 nitrogen and oxygen atoms in total. The lowest BCUT2D eigenvalue weighted by molar-refractivity contribution is -0.389. The summed E-state index contributed by atoms with van der Waals surface area (Å²) in [5.74, 6) is -16.3. The summed E-state index contributed by atoms with van der Waals surface area (Å²) in [6.45, 7) is 2.40. The maximum absolute atomic E-state index is 13.4. The first-order chi connectivity index (χ1) is 10.2. The Morgan fingerprint density at radius 2 is 1.26 bits per heavy atom. The van der Waals surface area contributed by atoms with Crippen molar-refractivity contribution in [1.29, 1.82) is 0 Å². The van der Waals surface area contributed by atoms with Crippen molar-refractivity contribution in [3.05, 3.63) is 48.0 Å². The third-order valence-corrected chi connectivity index (χ3v) is 2.66. The highest BCUT2D eigenvalue weighted by Crippen LogP contribution is 2.54. The van der Waals surface area contributed by atoms with Crippen LogP contribution in [0.2, 0.25) is 0 Å². The number of allylic oxidation sites excluding steroid dienone is 1. The van der Waals surface area contributed by atoms with Gasteiger partial charge in [-0.15, -0.1) is 0 Å². The lowest BCUT2D eigenvalue weighted by Gasteiger charge is -2.33. The number of halogens is 9. The zero-order valence-electron chi connectivity index (χ0n) is 11.0. The summed E-state index contributed by atoms with van der Waals surface area (Å²) >= 11 is 0. The van der Waals surface area contributed by atoms with Gasteiger partial charge in [0, 0.05) is 5.56 Å². The van der Waals surface area contributed by atoms with Gasteiger partial charge in [-0.2, -0.15) is 39.5 Å². The molecule has 0 amide bonds. The van der Waals surface area contributed by atoms with E-state index < -0.39 is 29.5 Å². The van der Waals surface area contributed by atoms with Crippen molar-refractivity contribution in [2.75, 3.05) is 0 Å². The Hall–Kier alpha value is -2.11. The number of hydrogen-bond acceptors (Lipinski definition) is 0. The Morgan fingerprint density at radius 3 is 1.70 bits per heavy atom. The van der Waals surface area contributed by atoms with Crippen LogP contribution in [0.3, 0.4) is 0 Å². The second kappa shape index (κ2) is 5.83. The molecule has 0 aliphatic heterocycles. The molecule has 1 aromatic carbocycles. The fraction of sp³-hybridized carbons (Fsp3) is 0.286. The molecule has 23 heavy (non-hydrogen) atoms. The molecule has 1 rings (SSSR count). The van der Waals surface area contributed by atoms with Gasteiger partial charge < -0.3 is 0 Å². The van der Waals surface area contributed by atoms with E-state index in [2.05, 4.69) is 6.58 Å². The van der Waals surface area contributed by atoms with Gasteiger partial charge in [-0.05, 0) is 12.1 Å². The molecule has 0 atom stereocenters. The van der Waals surface area contributed by atoms with Crippen molar-refractivity contribution < 1.29 is 39.5 Å². The molecule has 0 spiro atoms. The third-order valence-electron chi connectivity index (χ3n) is 2.66. The standard InChI is InChI=1S/C14H7F9/c1-9(7-8-10-5-3-2-4-6-10)11(15,16)12(17,18)13(19,20)14(21,22)23/h2-6H,1H2. The number of benzene rings is 1. The van der Waals surface area contributed by atoms with E-state index in [9.17, 15) is 39.5 Å². The molecule has 0 bridgehead atoms. The minimum Gasteiger partial charge on any atom is -0.193 e. The van der Waals surface area contributed by atoms with E-state index in [0.29, 0.717) is 0 Å². The highest BCUT2D eigenvalue weighted by atomic mass is 19.4. The molecule has 0 radical (unpaired) electrons. The van der Waals surface area contributed by atoms with Gasteiger partial charge in [0.2, 0.25) is 0 Å². The summed E-state index contributed by atoms with van der Waals surface area (Å²) in [6, 6.07) is 6.91. The topological polar surface area (TPSA) is 0 Å². The van der Waals surface area contributed by atoms with E-state index in [0.717, 1.165) is 0 Å². The van der Waals surface area contributed by atoms with Crippen molar-refractivity contribution in [2.24, 2.45) is 0 Å². The molecule has 0 saturated heterocycles. The first-order valence-electron chi connectivity index (χ1n) is 5.72. The van der Waals surface area contributed by atoms with Crippen LogP contribution in [0.15, 0.2) is 42.5 Å². The van der Waals surface area contributed by atoms with Gasteiger partial charge >= 0.3 is 23.9 Å². The highest BCUT2D eigenvalue weighted by molar-refractivity contribution is 5.43. The monoisotopic (exact) mass is 346 g/mol. The molecule has 126 valence electrons. The first kappa shape index (κ1) is 18.9. The van der Waals surface area contributed by atoms with Gasteiger partial charge in [0.15, 0.2) is 0 Å². The highest BCUT2D eigenvalue weighted by Gasteiger charge is 2.82. The number of alkyl halides is 9. The fourth-order valence-electron chi connectivity index (χ4n) is 1.31. The molecule has 0 aliphatic carbocycles. The van der Waals surface area contributed by atoms with Gasteiger partial charge in [-0.25, -0.2) is 0 Å². The van der Waals surface area contributed by atoms with Crippen LogP contribution in [0.1, 0.15) is 5.56 Å². The van der Waals surface area contributed by atoms with Crippen LogP contribution in [0.4, 0.5) is 39.5 Å². The van der Waals surface area contributed by atoms with Crippen LogP contribution in [0.5, 0.6) is 0 Å². The van der Waals surface area contributed by atoms with Crippen molar-refractivity contribution >= 4 is 0 Å². The quantitative estimate of drug-likeness (QED) is 0.530. The van der Waals surface area contributed by atoms with Crippen LogP contribution in [-0.4, -0.2) is 23.9 Å². The predicted octanol–water partition coefficient (Wildman–Crippen LogP) is 5.06. The second-order valence-electron chi connectivity index (χ2n) is 4.32. The van der Waals surface area contributed by atoms with Crippen LogP contribution < -0.4 is 0 Å². The molecular formula is C14H7F9. The average molecular weight is 346 g/mol. The van der Waals surface area contributed by atoms with E-state index in [1.54, 1.807) is 0 Å². The molecule has 0 N–H and O–H groups in total.